The number of hydrogen-bond donors (Lipinski definition) is 3. The zero-order valence-electron chi connectivity index (χ0n) is 14.0. The quantitative estimate of drug-likeness (QED) is 0.462. The summed E-state index contributed by atoms with van der Waals surface area (Å²) in [5.41, 5.74) is 3.26. The normalized spacial score (nSPS) is 10.8. The van der Waals surface area contributed by atoms with Crippen LogP contribution < -0.4 is 5.32 Å². The Labute approximate surface area is 150 Å². The van der Waals surface area contributed by atoms with E-state index in [2.05, 4.69) is 34.6 Å². The predicted molar refractivity (Wildman–Crippen MR) is 104 cm³/mol. The molecule has 0 amide bonds. The zero-order valence-corrected chi connectivity index (χ0v) is 14.8. The Balaban J connectivity index is 1.71. The molecular weight excluding hydrogens is 332 g/mol. The highest BCUT2D eigenvalue weighted by atomic mass is 32.1. The van der Waals surface area contributed by atoms with Crippen LogP contribution in [0.2, 0.25) is 0 Å². The van der Waals surface area contributed by atoms with Crippen molar-refractivity contribution in [2.24, 2.45) is 0 Å². The van der Waals surface area contributed by atoms with Gasteiger partial charge in [0.2, 0.25) is 0 Å². The van der Waals surface area contributed by atoms with Crippen LogP contribution in [0.3, 0.4) is 0 Å². The van der Waals surface area contributed by atoms with Gasteiger partial charge in [-0.1, -0.05) is 36.4 Å². The van der Waals surface area contributed by atoms with Gasteiger partial charge in [0, 0.05) is 13.0 Å². The summed E-state index contributed by atoms with van der Waals surface area (Å²) in [4.78, 5) is 4.57. The summed E-state index contributed by atoms with van der Waals surface area (Å²) in [5.74, 6) is 0.162. The van der Waals surface area contributed by atoms with E-state index in [1.807, 2.05) is 31.3 Å². The van der Waals surface area contributed by atoms with Gasteiger partial charge in [0.15, 0.2) is 11.8 Å². The van der Waals surface area contributed by atoms with Crippen LogP contribution in [0, 0.1) is 10.8 Å². The molecule has 1 aromatic heterocycles. The molecule has 3 rings (SSSR count). The van der Waals surface area contributed by atoms with Crippen molar-refractivity contribution < 1.29 is 4.74 Å². The zero-order chi connectivity index (χ0) is 17.6. The van der Waals surface area contributed by atoms with Crippen LogP contribution in [0.1, 0.15) is 11.4 Å². The topological polar surface area (TPSA) is 81.9 Å². The Hall–Kier alpha value is -2.57. The molecule has 6 heteroatoms. The first-order chi connectivity index (χ1) is 12.2. The Bertz CT molecular complexity index is 889. The summed E-state index contributed by atoms with van der Waals surface area (Å²) in [5, 5.41) is 19.4. The van der Waals surface area contributed by atoms with Gasteiger partial charge in [0.25, 0.3) is 0 Å². The van der Waals surface area contributed by atoms with E-state index in [0.717, 1.165) is 20.8 Å². The maximum absolute atomic E-state index is 7.93. The van der Waals surface area contributed by atoms with E-state index in [1.165, 1.54) is 5.56 Å². The number of nitrogens with zero attached hydrogens (tertiary/aromatic N) is 1. The molecule has 0 radical (unpaired) electrons. The lowest BCUT2D eigenvalue weighted by molar-refractivity contribution is 0.500. The first kappa shape index (κ1) is 17.3. The summed E-state index contributed by atoms with van der Waals surface area (Å²) in [7, 11) is 1.82. The van der Waals surface area contributed by atoms with E-state index in [-0.39, 0.29) is 11.8 Å². The maximum Gasteiger partial charge on any atom is 0.195 e. The van der Waals surface area contributed by atoms with Gasteiger partial charge < -0.3 is 10.1 Å². The van der Waals surface area contributed by atoms with Gasteiger partial charge in [0.05, 0.1) is 16.6 Å². The van der Waals surface area contributed by atoms with Crippen LogP contribution in [0.4, 0.5) is 0 Å². The summed E-state index contributed by atoms with van der Waals surface area (Å²) in [6.45, 7) is 0.662. The van der Waals surface area contributed by atoms with Crippen molar-refractivity contribution in [1.29, 1.82) is 10.8 Å². The number of benzene rings is 2. The van der Waals surface area contributed by atoms with Crippen LogP contribution >= 0.6 is 11.3 Å². The van der Waals surface area contributed by atoms with Crippen molar-refractivity contribution >= 4 is 33.3 Å². The molecule has 0 unspecified atom stereocenters. The third-order valence-corrected chi connectivity index (χ3v) is 4.72. The molecule has 0 fully saturated rings. The number of thiazole rings is 1. The molecular formula is C19H20N4OS. The standard InChI is InChI=1S/C19H20N4OS/c1-22-10-9-17(20)24-18(21)12-19-23-15-8-7-14(11-16(15)25-19)13-5-3-2-4-6-13/h2-8,11,20-22H,9-10,12H2,1H3. The van der Waals surface area contributed by atoms with Crippen molar-refractivity contribution in [3.8, 4) is 11.1 Å². The second kappa shape index (κ2) is 8.00. The SMILES string of the molecule is CNCCC(=N)OC(=N)Cc1nc2ccc(-c3ccccc3)cc2s1. The highest BCUT2D eigenvalue weighted by molar-refractivity contribution is 7.18. The molecule has 5 nitrogen and oxygen atoms in total. The minimum atomic E-state index is 0.0587. The van der Waals surface area contributed by atoms with Crippen molar-refractivity contribution in [2.75, 3.05) is 13.6 Å². The molecule has 3 N–H and O–H groups in total. The van der Waals surface area contributed by atoms with Crippen molar-refractivity contribution in [1.82, 2.24) is 10.3 Å². The van der Waals surface area contributed by atoms with Crippen LogP contribution in [-0.4, -0.2) is 30.4 Å². The Morgan fingerprint density at radius 2 is 1.88 bits per heavy atom. The van der Waals surface area contributed by atoms with Gasteiger partial charge in [-0.3, -0.25) is 10.8 Å². The third-order valence-electron chi connectivity index (χ3n) is 3.70. The van der Waals surface area contributed by atoms with E-state index in [1.54, 1.807) is 11.3 Å². The molecule has 0 aliphatic rings. The lowest BCUT2D eigenvalue weighted by Crippen LogP contribution is -2.18. The van der Waals surface area contributed by atoms with Gasteiger partial charge in [-0.2, -0.15) is 0 Å². The van der Waals surface area contributed by atoms with E-state index in [4.69, 9.17) is 15.6 Å². The fourth-order valence-electron chi connectivity index (χ4n) is 2.47. The second-order valence-corrected chi connectivity index (χ2v) is 6.75. The molecule has 0 saturated heterocycles. The molecule has 128 valence electrons. The van der Waals surface area contributed by atoms with Crippen LogP contribution in [0.25, 0.3) is 21.3 Å². The van der Waals surface area contributed by atoms with Gasteiger partial charge in [-0.15, -0.1) is 11.3 Å². The first-order valence-corrected chi connectivity index (χ1v) is 8.89. The lowest BCUT2D eigenvalue weighted by atomic mass is 10.1. The number of hydrogen-bond acceptors (Lipinski definition) is 6. The number of nitrogens with one attached hydrogen (secondary N) is 3. The number of aromatic nitrogens is 1. The molecule has 0 saturated carbocycles. The fraction of sp³-hybridized carbons (Fsp3) is 0.211. The Kier molecular flexibility index (Phi) is 5.53. The lowest BCUT2D eigenvalue weighted by Gasteiger charge is -2.06. The molecule has 0 spiro atoms. The van der Waals surface area contributed by atoms with Crippen molar-refractivity contribution in [3.05, 3.63) is 53.5 Å². The van der Waals surface area contributed by atoms with Crippen molar-refractivity contribution in [3.63, 3.8) is 0 Å². The Morgan fingerprint density at radius 3 is 2.64 bits per heavy atom. The molecule has 0 atom stereocenters. The highest BCUT2D eigenvalue weighted by Gasteiger charge is 2.10. The molecule has 0 bridgehead atoms. The van der Waals surface area contributed by atoms with Crippen molar-refractivity contribution in [2.45, 2.75) is 12.8 Å². The smallest absolute Gasteiger partial charge is 0.195 e. The minimum Gasteiger partial charge on any atom is -0.429 e. The van der Waals surface area contributed by atoms with Crippen LogP contribution in [-0.2, 0) is 11.2 Å². The van der Waals surface area contributed by atoms with Crippen LogP contribution in [0.15, 0.2) is 48.5 Å². The molecule has 2 aromatic carbocycles. The van der Waals surface area contributed by atoms with Gasteiger partial charge in [0.1, 0.15) is 5.01 Å². The maximum atomic E-state index is 7.93. The van der Waals surface area contributed by atoms with E-state index in [0.29, 0.717) is 19.4 Å². The van der Waals surface area contributed by atoms with Gasteiger partial charge in [-0.25, -0.2) is 4.98 Å². The van der Waals surface area contributed by atoms with Crippen LogP contribution in [0.5, 0.6) is 0 Å². The molecule has 1 heterocycles. The predicted octanol–water partition coefficient (Wildman–Crippen LogP) is 4.09. The van der Waals surface area contributed by atoms with Gasteiger partial charge in [-0.05, 0) is 30.3 Å². The highest BCUT2D eigenvalue weighted by Crippen LogP contribution is 2.28. The average molecular weight is 352 g/mol. The minimum absolute atomic E-state index is 0.0587. The first-order valence-electron chi connectivity index (χ1n) is 8.08. The van der Waals surface area contributed by atoms with Gasteiger partial charge >= 0.3 is 0 Å². The molecule has 25 heavy (non-hydrogen) atoms. The summed E-state index contributed by atoms with van der Waals surface area (Å²) >= 11 is 1.56. The fourth-order valence-corrected chi connectivity index (χ4v) is 3.48. The summed E-state index contributed by atoms with van der Waals surface area (Å²) < 4.78 is 6.33. The van der Waals surface area contributed by atoms with E-state index < -0.39 is 0 Å². The van der Waals surface area contributed by atoms with E-state index >= 15 is 0 Å². The molecule has 0 aliphatic carbocycles. The average Bonchev–Trinajstić information content (AvgIpc) is 3.01. The number of fused-ring (bicyclic) bond motifs is 1. The molecule has 0 aliphatic heterocycles. The van der Waals surface area contributed by atoms with E-state index in [9.17, 15) is 0 Å². The number of ether oxygens (including phenoxy) is 1. The Morgan fingerprint density at radius 1 is 1.08 bits per heavy atom. The summed E-state index contributed by atoms with van der Waals surface area (Å²) in [6.07, 6.45) is 0.779. The summed E-state index contributed by atoms with van der Waals surface area (Å²) in [6, 6.07) is 16.4. The third kappa shape index (κ3) is 4.49. The monoisotopic (exact) mass is 352 g/mol. The largest absolute Gasteiger partial charge is 0.429 e. The number of rotatable bonds is 6. The molecule has 3 aromatic rings. The second-order valence-electron chi connectivity index (χ2n) is 5.63.